The van der Waals surface area contributed by atoms with Crippen LogP contribution in [0.1, 0.15) is 0 Å². The third-order valence-electron chi connectivity index (χ3n) is 15.1. The quantitative estimate of drug-likeness (QED) is 0.129. The van der Waals surface area contributed by atoms with E-state index in [-0.39, 0.29) is 0 Å². The van der Waals surface area contributed by atoms with Crippen LogP contribution in [0.5, 0.6) is 0 Å². The summed E-state index contributed by atoms with van der Waals surface area (Å²) in [6.45, 7) is 0. The van der Waals surface area contributed by atoms with Crippen molar-refractivity contribution in [3.05, 3.63) is 303 Å². The van der Waals surface area contributed by atoms with Crippen molar-refractivity contribution >= 4 is 77.6 Å². The first-order chi connectivity index (χ1) is 38.2. The van der Waals surface area contributed by atoms with Gasteiger partial charge in [-0.05, 0) is 139 Å². The molecule has 13 aromatic carbocycles. The smallest absolute Gasteiger partial charge is 0.143 e. The zero-order valence-corrected chi connectivity index (χ0v) is 42.2. The summed E-state index contributed by atoms with van der Waals surface area (Å²) >= 11 is 0. The van der Waals surface area contributed by atoms with Crippen LogP contribution < -0.4 is 9.80 Å². The van der Waals surface area contributed by atoms with Gasteiger partial charge < -0.3 is 14.2 Å². The Kier molecular flexibility index (Phi) is 11.5. The molecular formula is C74H50N2O. The van der Waals surface area contributed by atoms with E-state index < -0.39 is 0 Å². The van der Waals surface area contributed by atoms with E-state index in [0.29, 0.717) is 0 Å². The molecule has 0 spiro atoms. The number of anilines is 6. The summed E-state index contributed by atoms with van der Waals surface area (Å²) in [6.07, 6.45) is 0. The molecule has 0 amide bonds. The van der Waals surface area contributed by atoms with Gasteiger partial charge in [-0.25, -0.2) is 0 Å². The van der Waals surface area contributed by atoms with Gasteiger partial charge in [-0.1, -0.05) is 231 Å². The molecule has 0 saturated heterocycles. The topological polar surface area (TPSA) is 19.6 Å². The highest BCUT2D eigenvalue weighted by atomic mass is 16.3. The van der Waals surface area contributed by atoms with Gasteiger partial charge in [0, 0.05) is 39.1 Å². The molecule has 0 saturated carbocycles. The first kappa shape index (κ1) is 45.4. The molecule has 0 bridgehead atoms. The third-order valence-corrected chi connectivity index (χ3v) is 15.1. The van der Waals surface area contributed by atoms with E-state index in [1.54, 1.807) is 0 Å². The molecule has 0 N–H and O–H groups in total. The van der Waals surface area contributed by atoms with Crippen LogP contribution in [0.25, 0.3) is 99.1 Å². The largest absolute Gasteiger partial charge is 0.455 e. The number of furan rings is 1. The number of fused-ring (bicyclic) bond motifs is 6. The average Bonchev–Trinajstić information content (AvgIpc) is 3.92. The standard InChI is InChI=1S/C74H50N2O/c1-3-17-51(18-4-1)53-35-37-54(38-36-53)56-41-46-62(47-42-56)76(71-33-16-34-72-73(71)69-48-43-58-22-8-10-30-68(58)74(69)77-72)64-27-14-25-60(50-64)67-29-11-12-32-70(67)75(61-44-39-55(40-45-61)52-19-5-2-6-20-52)63-26-13-24-59(49-63)66-31-15-23-57-21-7-9-28-65(57)66/h1-50H. The van der Waals surface area contributed by atoms with Crippen molar-refractivity contribution < 1.29 is 4.42 Å². The number of para-hydroxylation sites is 1. The van der Waals surface area contributed by atoms with Crippen molar-refractivity contribution in [2.45, 2.75) is 0 Å². The molecule has 14 rings (SSSR count). The van der Waals surface area contributed by atoms with E-state index in [4.69, 9.17) is 4.42 Å². The minimum atomic E-state index is 0.843. The lowest BCUT2D eigenvalue weighted by molar-refractivity contribution is 0.672. The number of hydrogen-bond donors (Lipinski definition) is 0. The predicted molar refractivity (Wildman–Crippen MR) is 325 cm³/mol. The van der Waals surface area contributed by atoms with Gasteiger partial charge in [0.1, 0.15) is 11.2 Å². The van der Waals surface area contributed by atoms with Gasteiger partial charge in [0.2, 0.25) is 0 Å². The van der Waals surface area contributed by atoms with E-state index in [9.17, 15) is 0 Å². The number of hydrogen-bond acceptors (Lipinski definition) is 3. The minimum Gasteiger partial charge on any atom is -0.455 e. The Balaban J connectivity index is 0.919. The normalized spacial score (nSPS) is 11.4. The second-order valence-corrected chi connectivity index (χ2v) is 19.6. The fraction of sp³-hybridized carbons (Fsp3) is 0. The zero-order valence-electron chi connectivity index (χ0n) is 42.2. The molecule has 14 aromatic rings. The maximum absolute atomic E-state index is 6.82. The van der Waals surface area contributed by atoms with Crippen molar-refractivity contribution in [1.82, 2.24) is 0 Å². The van der Waals surface area contributed by atoms with Gasteiger partial charge in [-0.3, -0.25) is 0 Å². The Morgan fingerprint density at radius 2 is 0.649 bits per heavy atom. The molecular weight excluding hydrogens is 933 g/mol. The lowest BCUT2D eigenvalue weighted by atomic mass is 9.97. The second kappa shape index (κ2) is 19.6. The molecule has 0 aliphatic carbocycles. The molecule has 0 aliphatic rings. The van der Waals surface area contributed by atoms with Crippen LogP contribution in [-0.2, 0) is 0 Å². The fourth-order valence-corrected chi connectivity index (χ4v) is 11.3. The molecule has 0 atom stereocenters. The Labute approximate surface area is 448 Å². The van der Waals surface area contributed by atoms with Crippen LogP contribution in [-0.4, -0.2) is 0 Å². The average molecular weight is 983 g/mol. The van der Waals surface area contributed by atoms with Crippen LogP contribution in [0, 0.1) is 0 Å². The predicted octanol–water partition coefficient (Wildman–Crippen LogP) is 21.2. The summed E-state index contributed by atoms with van der Waals surface area (Å²) in [7, 11) is 0. The molecule has 0 fully saturated rings. The van der Waals surface area contributed by atoms with Gasteiger partial charge in [0.05, 0.1) is 16.8 Å². The van der Waals surface area contributed by atoms with Gasteiger partial charge in [-0.15, -0.1) is 0 Å². The summed E-state index contributed by atoms with van der Waals surface area (Å²) in [4.78, 5) is 4.81. The second-order valence-electron chi connectivity index (χ2n) is 19.6. The van der Waals surface area contributed by atoms with E-state index >= 15 is 0 Å². The summed E-state index contributed by atoms with van der Waals surface area (Å²) in [5, 5.41) is 6.84. The van der Waals surface area contributed by atoms with Crippen LogP contribution >= 0.6 is 0 Å². The molecule has 0 aliphatic heterocycles. The highest BCUT2D eigenvalue weighted by Gasteiger charge is 2.23. The molecule has 0 radical (unpaired) electrons. The molecule has 3 heteroatoms. The Morgan fingerprint density at radius 1 is 0.234 bits per heavy atom. The van der Waals surface area contributed by atoms with Crippen molar-refractivity contribution in [2.24, 2.45) is 0 Å². The van der Waals surface area contributed by atoms with Crippen LogP contribution in [0.4, 0.5) is 34.1 Å². The van der Waals surface area contributed by atoms with Crippen molar-refractivity contribution in [3.63, 3.8) is 0 Å². The van der Waals surface area contributed by atoms with Crippen molar-refractivity contribution in [1.29, 1.82) is 0 Å². The van der Waals surface area contributed by atoms with Crippen LogP contribution in [0.2, 0.25) is 0 Å². The lowest BCUT2D eigenvalue weighted by Gasteiger charge is -2.29. The van der Waals surface area contributed by atoms with Crippen molar-refractivity contribution in [2.75, 3.05) is 9.80 Å². The van der Waals surface area contributed by atoms with E-state index in [0.717, 1.165) is 94.7 Å². The maximum Gasteiger partial charge on any atom is 0.143 e. The van der Waals surface area contributed by atoms with Gasteiger partial charge in [0.25, 0.3) is 0 Å². The van der Waals surface area contributed by atoms with Crippen molar-refractivity contribution in [3.8, 4) is 55.6 Å². The van der Waals surface area contributed by atoms with E-state index in [1.807, 2.05) is 0 Å². The zero-order chi connectivity index (χ0) is 51.1. The molecule has 1 heterocycles. The van der Waals surface area contributed by atoms with Gasteiger partial charge in [0.15, 0.2) is 0 Å². The summed E-state index contributed by atoms with van der Waals surface area (Å²) in [5.41, 5.74) is 19.6. The van der Waals surface area contributed by atoms with Crippen LogP contribution in [0.3, 0.4) is 0 Å². The summed E-state index contributed by atoms with van der Waals surface area (Å²) in [5.74, 6) is 0. The number of rotatable bonds is 11. The highest BCUT2D eigenvalue weighted by molar-refractivity contribution is 6.19. The molecule has 362 valence electrons. The third kappa shape index (κ3) is 8.47. The first-order valence-corrected chi connectivity index (χ1v) is 26.3. The first-order valence-electron chi connectivity index (χ1n) is 26.3. The van der Waals surface area contributed by atoms with Crippen LogP contribution in [0.15, 0.2) is 308 Å². The maximum atomic E-state index is 6.82. The fourth-order valence-electron chi connectivity index (χ4n) is 11.3. The van der Waals surface area contributed by atoms with Gasteiger partial charge in [-0.2, -0.15) is 0 Å². The molecule has 0 unspecified atom stereocenters. The summed E-state index contributed by atoms with van der Waals surface area (Å²) < 4.78 is 6.82. The highest BCUT2D eigenvalue weighted by Crippen LogP contribution is 2.48. The number of benzene rings is 13. The molecule has 3 nitrogen and oxygen atoms in total. The Bertz CT molecular complexity index is 4420. The lowest BCUT2D eigenvalue weighted by Crippen LogP contribution is -2.12. The Hall–Kier alpha value is -10.2. The number of nitrogens with zero attached hydrogens (tertiary/aromatic N) is 2. The molecule has 77 heavy (non-hydrogen) atoms. The van der Waals surface area contributed by atoms with E-state index in [2.05, 4.69) is 313 Å². The minimum absolute atomic E-state index is 0.843. The SMILES string of the molecule is c1ccc(-c2ccc(-c3ccc(N(c4cccc(-c5ccccc5N(c5ccc(-c6ccccc6)cc5)c5cccc(-c6cccc7ccccc67)c5)c4)c4cccc5oc6c7ccccc7ccc6c45)cc3)cc2)cc1. The molecule has 1 aromatic heterocycles. The Morgan fingerprint density at radius 3 is 1.27 bits per heavy atom. The summed E-state index contributed by atoms with van der Waals surface area (Å²) in [6, 6.07) is 109. The monoisotopic (exact) mass is 982 g/mol. The van der Waals surface area contributed by atoms with E-state index in [1.165, 1.54) is 38.6 Å². The van der Waals surface area contributed by atoms with Gasteiger partial charge >= 0.3 is 0 Å².